The van der Waals surface area contributed by atoms with E-state index in [1.54, 1.807) is 13.8 Å². The number of nitrogens with one attached hydrogen (secondary N) is 1. The van der Waals surface area contributed by atoms with E-state index in [1.165, 1.54) is 12.1 Å². The van der Waals surface area contributed by atoms with Crippen LogP contribution in [0.25, 0.3) is 0 Å². The van der Waals surface area contributed by atoms with Crippen molar-refractivity contribution < 1.29 is 18.3 Å². The largest absolute Gasteiger partial charge is 0.416 e. The number of hydrogen-bond acceptors (Lipinski definition) is 3. The lowest BCUT2D eigenvalue weighted by molar-refractivity contribution is -0.139. The van der Waals surface area contributed by atoms with Gasteiger partial charge in [-0.3, -0.25) is 4.90 Å². The highest BCUT2D eigenvalue weighted by molar-refractivity contribution is 6.30. The summed E-state index contributed by atoms with van der Waals surface area (Å²) < 4.78 is 40.5. The molecule has 0 aliphatic carbocycles. The van der Waals surface area contributed by atoms with Crippen LogP contribution in [0.1, 0.15) is 31.0 Å². The van der Waals surface area contributed by atoms with Crippen molar-refractivity contribution in [3.8, 4) is 0 Å². The Bertz CT molecular complexity index is 547. The molecule has 0 spiro atoms. The number of nitrogens with zero attached hydrogens (tertiary/aromatic N) is 1. The summed E-state index contributed by atoms with van der Waals surface area (Å²) in [6.07, 6.45) is -4.49. The highest BCUT2D eigenvalue weighted by atomic mass is 35.5. The highest BCUT2D eigenvalue weighted by Crippen LogP contribution is 2.44. The molecule has 1 fully saturated rings. The van der Waals surface area contributed by atoms with Crippen LogP contribution in [0, 0.1) is 5.41 Å². The van der Waals surface area contributed by atoms with E-state index >= 15 is 0 Å². The van der Waals surface area contributed by atoms with Gasteiger partial charge in [-0.2, -0.15) is 13.2 Å². The molecule has 1 saturated heterocycles. The minimum atomic E-state index is -4.49. The minimum absolute atomic E-state index is 0. The fourth-order valence-corrected chi connectivity index (χ4v) is 3.32. The molecule has 2 N–H and O–H groups in total. The number of halogens is 5. The third-order valence-corrected chi connectivity index (χ3v) is 4.51. The summed E-state index contributed by atoms with van der Waals surface area (Å²) in [5.41, 5.74) is -1.27. The van der Waals surface area contributed by atoms with Crippen LogP contribution in [0.15, 0.2) is 18.2 Å². The van der Waals surface area contributed by atoms with Crippen molar-refractivity contribution in [2.24, 2.45) is 5.41 Å². The Kier molecular flexibility index (Phi) is 7.38. The second-order valence-electron chi connectivity index (χ2n) is 6.56. The first-order valence-corrected chi connectivity index (χ1v) is 7.97. The van der Waals surface area contributed by atoms with Gasteiger partial charge >= 0.3 is 6.18 Å². The lowest BCUT2D eigenvalue weighted by atomic mass is 9.78. The molecule has 1 aromatic rings. The molecular formula is C16H23Cl2F3N2O. The molecule has 0 radical (unpaired) electrons. The van der Waals surface area contributed by atoms with E-state index in [4.69, 9.17) is 11.6 Å². The van der Waals surface area contributed by atoms with Gasteiger partial charge in [-0.1, -0.05) is 31.5 Å². The minimum Gasteiger partial charge on any atom is -0.396 e. The van der Waals surface area contributed by atoms with Gasteiger partial charge in [-0.15, -0.1) is 12.4 Å². The second-order valence-corrected chi connectivity index (χ2v) is 7.00. The zero-order valence-electron chi connectivity index (χ0n) is 13.7. The smallest absolute Gasteiger partial charge is 0.396 e. The van der Waals surface area contributed by atoms with E-state index in [-0.39, 0.29) is 29.6 Å². The third kappa shape index (κ3) is 4.76. The van der Waals surface area contributed by atoms with Gasteiger partial charge in [0.1, 0.15) is 0 Å². The maximum Gasteiger partial charge on any atom is 0.416 e. The lowest BCUT2D eigenvalue weighted by Crippen LogP contribution is -2.50. The Hall–Kier alpha value is -0.530. The number of alkyl halides is 3. The molecule has 0 amide bonds. The third-order valence-electron chi connectivity index (χ3n) is 4.28. The summed E-state index contributed by atoms with van der Waals surface area (Å²) in [6, 6.07) is 3.35. The van der Waals surface area contributed by atoms with Gasteiger partial charge in [0.25, 0.3) is 0 Å². The number of benzene rings is 1. The highest BCUT2D eigenvalue weighted by Gasteiger charge is 2.42. The molecule has 1 heterocycles. The first kappa shape index (κ1) is 21.5. The Morgan fingerprint density at radius 3 is 2.33 bits per heavy atom. The first-order valence-electron chi connectivity index (χ1n) is 7.59. The van der Waals surface area contributed by atoms with Gasteiger partial charge in [0, 0.05) is 49.3 Å². The van der Waals surface area contributed by atoms with Gasteiger partial charge in [-0.05, 0) is 17.7 Å². The quantitative estimate of drug-likeness (QED) is 0.826. The molecule has 8 heteroatoms. The molecule has 138 valence electrons. The first-order chi connectivity index (χ1) is 10.7. The molecule has 0 aromatic heterocycles. The van der Waals surface area contributed by atoms with Crippen molar-refractivity contribution in [2.75, 3.05) is 32.8 Å². The van der Waals surface area contributed by atoms with Crippen molar-refractivity contribution in [1.82, 2.24) is 10.2 Å². The van der Waals surface area contributed by atoms with E-state index < -0.39 is 23.2 Å². The van der Waals surface area contributed by atoms with E-state index in [1.807, 2.05) is 4.90 Å². The van der Waals surface area contributed by atoms with Crippen LogP contribution >= 0.6 is 24.0 Å². The zero-order valence-corrected chi connectivity index (χ0v) is 15.2. The fraction of sp³-hybridized carbons (Fsp3) is 0.625. The Balaban J connectivity index is 0.00000288. The van der Waals surface area contributed by atoms with Gasteiger partial charge in [0.15, 0.2) is 0 Å². The zero-order chi connectivity index (χ0) is 17.3. The summed E-state index contributed by atoms with van der Waals surface area (Å²) in [7, 11) is 0. The fourth-order valence-electron chi connectivity index (χ4n) is 3.15. The van der Waals surface area contributed by atoms with Crippen LogP contribution in [0.3, 0.4) is 0 Å². The van der Waals surface area contributed by atoms with Crippen molar-refractivity contribution in [1.29, 1.82) is 0 Å². The standard InChI is InChI=1S/C16H22ClF3N2O.ClH/c1-15(2,10-23)14(22-7-5-21-6-8-22)12-4-3-11(17)9-13(12)16(18,19)20;/h3-4,9,14,21,23H,5-8,10H2,1-2H3;1H/t14-;/m0./s1. The van der Waals surface area contributed by atoms with Crippen molar-refractivity contribution in [3.05, 3.63) is 34.3 Å². The number of rotatable bonds is 4. The number of piperazine rings is 1. The summed E-state index contributed by atoms with van der Waals surface area (Å²) in [5.74, 6) is 0. The number of hydrogen-bond donors (Lipinski definition) is 2. The van der Waals surface area contributed by atoms with Gasteiger partial charge in [0.05, 0.1) is 5.56 Å². The van der Waals surface area contributed by atoms with E-state index in [9.17, 15) is 18.3 Å². The number of aliphatic hydroxyl groups is 1. The maximum atomic E-state index is 13.5. The van der Waals surface area contributed by atoms with E-state index in [0.29, 0.717) is 26.2 Å². The maximum absolute atomic E-state index is 13.5. The average molecular weight is 387 g/mol. The topological polar surface area (TPSA) is 35.5 Å². The molecule has 1 aromatic carbocycles. The molecular weight excluding hydrogens is 364 g/mol. The van der Waals surface area contributed by atoms with Crippen LogP contribution in [-0.4, -0.2) is 42.8 Å². The van der Waals surface area contributed by atoms with Crippen molar-refractivity contribution in [2.45, 2.75) is 26.1 Å². The molecule has 1 aliphatic heterocycles. The molecule has 2 rings (SSSR count). The molecule has 1 aliphatic rings. The van der Waals surface area contributed by atoms with Gasteiger partial charge in [-0.25, -0.2) is 0 Å². The monoisotopic (exact) mass is 386 g/mol. The van der Waals surface area contributed by atoms with Crippen LogP contribution in [0.4, 0.5) is 13.2 Å². The van der Waals surface area contributed by atoms with E-state index in [2.05, 4.69) is 5.32 Å². The normalized spacial score (nSPS) is 18.1. The molecule has 24 heavy (non-hydrogen) atoms. The lowest BCUT2D eigenvalue weighted by Gasteiger charge is -2.44. The van der Waals surface area contributed by atoms with Crippen LogP contribution in [-0.2, 0) is 6.18 Å². The molecule has 0 unspecified atom stereocenters. The predicted molar refractivity (Wildman–Crippen MR) is 91.8 cm³/mol. The molecule has 3 nitrogen and oxygen atoms in total. The second kappa shape index (κ2) is 8.23. The Morgan fingerprint density at radius 1 is 1.25 bits per heavy atom. The Morgan fingerprint density at radius 2 is 1.83 bits per heavy atom. The van der Waals surface area contributed by atoms with Crippen LogP contribution in [0.2, 0.25) is 5.02 Å². The molecule has 1 atom stereocenters. The summed E-state index contributed by atoms with van der Waals surface area (Å²) in [6.45, 7) is 6.06. The van der Waals surface area contributed by atoms with Gasteiger partial charge < -0.3 is 10.4 Å². The molecule has 0 saturated carbocycles. The van der Waals surface area contributed by atoms with Crippen molar-refractivity contribution in [3.63, 3.8) is 0 Å². The summed E-state index contributed by atoms with van der Waals surface area (Å²) >= 11 is 5.79. The SMILES string of the molecule is CC(C)(CO)[C@H](c1ccc(Cl)cc1C(F)(F)F)N1CCNCC1.Cl. The van der Waals surface area contributed by atoms with E-state index in [0.717, 1.165) is 6.07 Å². The van der Waals surface area contributed by atoms with Crippen LogP contribution in [0.5, 0.6) is 0 Å². The predicted octanol–water partition coefficient (Wildman–Crippen LogP) is 3.75. The summed E-state index contributed by atoms with van der Waals surface area (Å²) in [5, 5.41) is 13.0. The van der Waals surface area contributed by atoms with Crippen LogP contribution < -0.4 is 5.32 Å². The van der Waals surface area contributed by atoms with Gasteiger partial charge in [0.2, 0.25) is 0 Å². The van der Waals surface area contributed by atoms with Crippen molar-refractivity contribution >= 4 is 24.0 Å². The average Bonchev–Trinajstić information content (AvgIpc) is 2.49. The Labute approximate surface area is 151 Å². The number of aliphatic hydroxyl groups excluding tert-OH is 1. The summed E-state index contributed by atoms with van der Waals surface area (Å²) in [4.78, 5) is 2.01. The molecule has 0 bridgehead atoms.